The maximum Gasteiger partial charge on any atom is 0.314 e. The van der Waals surface area contributed by atoms with Gasteiger partial charge in [0.05, 0.1) is 41.1 Å². The molecule has 14 nitrogen and oxygen atoms in total. The molecule has 0 bridgehead atoms. The van der Waals surface area contributed by atoms with E-state index >= 15 is 0 Å². The van der Waals surface area contributed by atoms with E-state index in [1.165, 1.54) is 6.42 Å². The van der Waals surface area contributed by atoms with Gasteiger partial charge in [0.15, 0.2) is 5.58 Å². The lowest BCUT2D eigenvalue weighted by molar-refractivity contribution is -0.164. The molecule has 6 fully saturated rings. The quantitative estimate of drug-likeness (QED) is 0.0795. The standard InChI is InChI=1S/C59H77NO13/c1-3-36-9-13-38(14-10-36)54(61)67-44-25-17-40(18-26-44)56(63)69-46-29-21-42(22-30-46)58(65)71-48-33-34-51(49(35-48)53-60-50-7-5-6-8-52(50)72-53)73-59(66)43-23-31-47(32-24-43)70-57(64)41-19-27-45(28-20-41)68-55(62)39-15-11-37(4-2)12-16-39/h5-8,33-47H,3-4,9-32H2,1-2H3/t36?,37?,38?,39?,40-,41?,42?,43?,44-,45?,46?,47?. The van der Waals surface area contributed by atoms with Crippen LogP contribution in [0, 0.1) is 47.3 Å². The SMILES string of the molecule is CCC1CCC(C(=O)OC2CCC(C(=O)OC3CCC(C(=O)Oc4ccc(OC(=O)C5CCC(OC(=O)[C@H]6CC[C@H](OC(=O)C7CCC(CC)CC7)CC6)CC5)cc4-c4nc5ccccc5o4)CC3)CC2)CC1. The van der Waals surface area contributed by atoms with Gasteiger partial charge in [-0.1, -0.05) is 38.8 Å². The molecular weight excluding hydrogens is 931 g/mol. The number of ether oxygens (including phenoxy) is 6. The van der Waals surface area contributed by atoms with Gasteiger partial charge in [0.2, 0.25) is 5.89 Å². The first-order valence-corrected chi connectivity index (χ1v) is 28.2. The van der Waals surface area contributed by atoms with Crippen LogP contribution in [0.5, 0.6) is 11.5 Å². The van der Waals surface area contributed by atoms with Gasteiger partial charge in [-0.15, -0.1) is 0 Å². The molecule has 9 rings (SSSR count). The maximum atomic E-state index is 13.8. The van der Waals surface area contributed by atoms with Gasteiger partial charge in [-0.25, -0.2) is 4.98 Å². The zero-order valence-corrected chi connectivity index (χ0v) is 43.1. The minimum Gasteiger partial charge on any atom is -0.462 e. The fourth-order valence-corrected chi connectivity index (χ4v) is 12.5. The summed E-state index contributed by atoms with van der Waals surface area (Å²) in [4.78, 5) is 84.2. The van der Waals surface area contributed by atoms with Crippen molar-refractivity contribution in [2.24, 2.45) is 47.3 Å². The number of fused-ring (bicyclic) bond motifs is 1. The van der Waals surface area contributed by atoms with Crippen molar-refractivity contribution in [3.63, 3.8) is 0 Å². The van der Waals surface area contributed by atoms with Crippen molar-refractivity contribution in [1.82, 2.24) is 4.98 Å². The van der Waals surface area contributed by atoms with Crippen LogP contribution in [0.25, 0.3) is 22.6 Å². The lowest BCUT2D eigenvalue weighted by Gasteiger charge is -2.32. The van der Waals surface area contributed by atoms with Crippen LogP contribution in [0.3, 0.4) is 0 Å². The van der Waals surface area contributed by atoms with Crippen molar-refractivity contribution in [1.29, 1.82) is 0 Å². The molecule has 0 atom stereocenters. The maximum absolute atomic E-state index is 13.8. The first-order valence-electron chi connectivity index (χ1n) is 28.2. The number of benzene rings is 2. The summed E-state index contributed by atoms with van der Waals surface area (Å²) in [5.41, 5.74) is 1.52. The van der Waals surface area contributed by atoms with Crippen molar-refractivity contribution in [2.75, 3.05) is 0 Å². The molecule has 0 amide bonds. The Morgan fingerprint density at radius 2 is 0.795 bits per heavy atom. The van der Waals surface area contributed by atoms with Crippen LogP contribution < -0.4 is 9.47 Å². The number of para-hydroxylation sites is 2. The largest absolute Gasteiger partial charge is 0.462 e. The summed E-state index contributed by atoms with van der Waals surface area (Å²) in [6.45, 7) is 4.42. The van der Waals surface area contributed by atoms with Crippen molar-refractivity contribution in [2.45, 2.75) is 205 Å². The number of carbonyl (C=O) groups is 6. The predicted octanol–water partition coefficient (Wildman–Crippen LogP) is 12.1. The molecule has 396 valence electrons. The number of oxazole rings is 1. The summed E-state index contributed by atoms with van der Waals surface area (Å²) in [6.07, 6.45) is 18.9. The number of carbonyl (C=O) groups excluding carboxylic acids is 6. The highest BCUT2D eigenvalue weighted by Gasteiger charge is 2.38. The Bertz CT molecular complexity index is 2330. The summed E-state index contributed by atoms with van der Waals surface area (Å²) in [5, 5.41) is 0. The van der Waals surface area contributed by atoms with Crippen molar-refractivity contribution >= 4 is 46.9 Å². The van der Waals surface area contributed by atoms with Crippen molar-refractivity contribution in [3.8, 4) is 23.0 Å². The van der Waals surface area contributed by atoms with E-state index in [4.69, 9.17) is 32.8 Å². The van der Waals surface area contributed by atoms with Crippen molar-refractivity contribution < 1.29 is 61.6 Å². The highest BCUT2D eigenvalue weighted by molar-refractivity contribution is 5.82. The Morgan fingerprint density at radius 3 is 1.18 bits per heavy atom. The van der Waals surface area contributed by atoms with E-state index in [1.54, 1.807) is 24.3 Å². The number of aromatic nitrogens is 1. The van der Waals surface area contributed by atoms with Crippen LogP contribution in [0.2, 0.25) is 0 Å². The molecule has 6 aliphatic carbocycles. The fourth-order valence-electron chi connectivity index (χ4n) is 12.5. The number of esters is 6. The van der Waals surface area contributed by atoms with E-state index in [0.29, 0.717) is 119 Å². The van der Waals surface area contributed by atoms with E-state index < -0.39 is 17.9 Å². The van der Waals surface area contributed by atoms with Crippen LogP contribution in [0.15, 0.2) is 46.9 Å². The molecule has 6 aliphatic rings. The lowest BCUT2D eigenvalue weighted by Crippen LogP contribution is -2.34. The van der Waals surface area contributed by atoms with E-state index in [2.05, 4.69) is 18.8 Å². The fraction of sp³-hybridized carbons (Fsp3) is 0.678. The minimum absolute atomic E-state index is 0.0000664. The van der Waals surface area contributed by atoms with Gasteiger partial charge in [-0.05, 0) is 196 Å². The second kappa shape index (κ2) is 24.8. The van der Waals surface area contributed by atoms with Gasteiger partial charge in [0.1, 0.15) is 41.4 Å². The van der Waals surface area contributed by atoms with Crippen LogP contribution in [0.1, 0.15) is 181 Å². The second-order valence-electron chi connectivity index (χ2n) is 22.4. The third-order valence-electron chi connectivity index (χ3n) is 17.6. The van der Waals surface area contributed by atoms with Crippen LogP contribution >= 0.6 is 0 Å². The van der Waals surface area contributed by atoms with Crippen LogP contribution in [0.4, 0.5) is 0 Å². The van der Waals surface area contributed by atoms with Crippen molar-refractivity contribution in [3.05, 3.63) is 42.5 Å². The van der Waals surface area contributed by atoms with Gasteiger partial charge in [0, 0.05) is 0 Å². The molecular formula is C59H77NO13. The van der Waals surface area contributed by atoms with Crippen LogP contribution in [-0.2, 0) is 47.7 Å². The van der Waals surface area contributed by atoms with E-state index in [1.807, 2.05) is 18.2 Å². The molecule has 0 unspecified atom stereocenters. The molecule has 0 saturated heterocycles. The highest BCUT2D eigenvalue weighted by atomic mass is 16.6. The molecule has 1 aromatic heterocycles. The highest BCUT2D eigenvalue weighted by Crippen LogP contribution is 2.40. The Kier molecular flexibility index (Phi) is 17.9. The monoisotopic (exact) mass is 1010 g/mol. The number of nitrogens with zero attached hydrogens (tertiary/aromatic N) is 1. The molecule has 6 saturated carbocycles. The molecule has 0 radical (unpaired) electrons. The number of rotatable bonds is 15. The molecule has 14 heteroatoms. The Morgan fingerprint density at radius 1 is 0.438 bits per heavy atom. The average molecular weight is 1010 g/mol. The Hall–Kier alpha value is -5.27. The third kappa shape index (κ3) is 13.7. The number of hydrogen-bond acceptors (Lipinski definition) is 14. The third-order valence-corrected chi connectivity index (χ3v) is 17.6. The molecule has 0 aliphatic heterocycles. The van der Waals surface area contributed by atoms with Gasteiger partial charge in [0.25, 0.3) is 0 Å². The first kappa shape index (κ1) is 52.6. The van der Waals surface area contributed by atoms with Gasteiger partial charge < -0.3 is 32.8 Å². The summed E-state index contributed by atoms with van der Waals surface area (Å²) < 4.78 is 41.9. The zero-order chi connectivity index (χ0) is 50.8. The normalized spacial score (nSPS) is 30.8. The average Bonchev–Trinajstić information content (AvgIpc) is 3.86. The van der Waals surface area contributed by atoms with Gasteiger partial charge in [-0.3, -0.25) is 28.8 Å². The molecule has 1 heterocycles. The molecule has 0 N–H and O–H groups in total. The molecule has 3 aromatic rings. The first-order chi connectivity index (χ1) is 35.5. The summed E-state index contributed by atoms with van der Waals surface area (Å²) >= 11 is 0. The Balaban J connectivity index is 0.715. The summed E-state index contributed by atoms with van der Waals surface area (Å²) in [5.74, 6) is -0.491. The van der Waals surface area contributed by atoms with Gasteiger partial charge >= 0.3 is 35.8 Å². The smallest absolute Gasteiger partial charge is 0.314 e. The van der Waals surface area contributed by atoms with E-state index in [9.17, 15) is 28.8 Å². The van der Waals surface area contributed by atoms with Gasteiger partial charge in [-0.2, -0.15) is 0 Å². The number of hydrogen-bond donors (Lipinski definition) is 0. The predicted molar refractivity (Wildman–Crippen MR) is 270 cm³/mol. The van der Waals surface area contributed by atoms with E-state index in [-0.39, 0.29) is 95.3 Å². The molecule has 2 aromatic carbocycles. The lowest BCUT2D eigenvalue weighted by atomic mass is 9.81. The summed E-state index contributed by atoms with van der Waals surface area (Å²) in [7, 11) is 0. The zero-order valence-electron chi connectivity index (χ0n) is 43.1. The minimum atomic E-state index is -0.413. The summed E-state index contributed by atoms with van der Waals surface area (Å²) in [6, 6.07) is 12.1. The molecule has 0 spiro atoms. The topological polar surface area (TPSA) is 184 Å². The Labute approximate surface area is 430 Å². The molecule has 73 heavy (non-hydrogen) atoms. The van der Waals surface area contributed by atoms with E-state index in [0.717, 1.165) is 69.6 Å². The second-order valence-corrected chi connectivity index (χ2v) is 22.4. The van der Waals surface area contributed by atoms with Crippen LogP contribution in [-0.4, -0.2) is 65.2 Å².